The van der Waals surface area contributed by atoms with Gasteiger partial charge in [0.25, 0.3) is 5.91 Å². The Labute approximate surface area is 139 Å². The van der Waals surface area contributed by atoms with E-state index in [9.17, 15) is 4.79 Å². The molecular weight excluding hydrogens is 302 g/mol. The summed E-state index contributed by atoms with van der Waals surface area (Å²) >= 11 is 0. The van der Waals surface area contributed by atoms with Gasteiger partial charge in [-0.2, -0.15) is 0 Å². The first-order valence-electron chi connectivity index (χ1n) is 8.07. The maximum atomic E-state index is 12.6. The quantitative estimate of drug-likeness (QED) is 0.805. The molecule has 24 heavy (non-hydrogen) atoms. The average Bonchev–Trinajstić information content (AvgIpc) is 3.17. The standard InChI is InChI=1S/C18H17N5O/c24-18(14-7-3-8-15(11-14)23-12-19-21-22-23)20-17-10-4-6-13-5-1-2-9-16(13)17/h3-4,6-8,10-12H,1-2,5,9H2,(H,20,24). The number of tetrazole rings is 1. The van der Waals surface area contributed by atoms with Crippen molar-refractivity contribution in [3.63, 3.8) is 0 Å². The molecule has 0 saturated carbocycles. The van der Waals surface area contributed by atoms with E-state index in [2.05, 4.69) is 26.9 Å². The Kier molecular flexibility index (Phi) is 3.78. The monoisotopic (exact) mass is 319 g/mol. The third kappa shape index (κ3) is 2.78. The summed E-state index contributed by atoms with van der Waals surface area (Å²) in [4.78, 5) is 12.6. The molecule has 2 aromatic carbocycles. The predicted octanol–water partition coefficient (Wildman–Crippen LogP) is 2.79. The zero-order valence-corrected chi connectivity index (χ0v) is 13.1. The first-order chi connectivity index (χ1) is 11.8. The predicted molar refractivity (Wildman–Crippen MR) is 90.2 cm³/mol. The molecule has 1 N–H and O–H groups in total. The fourth-order valence-electron chi connectivity index (χ4n) is 3.16. The van der Waals surface area contributed by atoms with Gasteiger partial charge in [-0.05, 0) is 71.5 Å². The van der Waals surface area contributed by atoms with Gasteiger partial charge in [0, 0.05) is 11.3 Å². The fraction of sp³-hybridized carbons (Fsp3) is 0.222. The highest BCUT2D eigenvalue weighted by Crippen LogP contribution is 2.28. The number of nitrogens with one attached hydrogen (secondary N) is 1. The van der Waals surface area contributed by atoms with Crippen molar-refractivity contribution in [3.8, 4) is 5.69 Å². The lowest BCUT2D eigenvalue weighted by Gasteiger charge is -2.19. The molecule has 4 rings (SSSR count). The first-order valence-corrected chi connectivity index (χ1v) is 8.07. The largest absolute Gasteiger partial charge is 0.322 e. The van der Waals surface area contributed by atoms with E-state index in [0.717, 1.165) is 24.2 Å². The number of aryl methyl sites for hydroxylation is 1. The van der Waals surface area contributed by atoms with Crippen molar-refractivity contribution in [2.24, 2.45) is 0 Å². The molecule has 1 aliphatic carbocycles. The number of rotatable bonds is 3. The minimum Gasteiger partial charge on any atom is -0.322 e. The van der Waals surface area contributed by atoms with Crippen LogP contribution < -0.4 is 5.32 Å². The third-order valence-electron chi connectivity index (χ3n) is 4.37. The number of amides is 1. The summed E-state index contributed by atoms with van der Waals surface area (Å²) in [6.45, 7) is 0. The van der Waals surface area contributed by atoms with E-state index in [4.69, 9.17) is 0 Å². The Hall–Kier alpha value is -3.02. The number of hydrogen-bond donors (Lipinski definition) is 1. The summed E-state index contributed by atoms with van der Waals surface area (Å²) in [6, 6.07) is 13.4. The lowest BCUT2D eigenvalue weighted by atomic mass is 9.90. The fourth-order valence-corrected chi connectivity index (χ4v) is 3.16. The highest BCUT2D eigenvalue weighted by Gasteiger charge is 2.15. The minimum absolute atomic E-state index is 0.121. The van der Waals surface area contributed by atoms with Gasteiger partial charge in [-0.3, -0.25) is 4.79 Å². The molecule has 1 aliphatic rings. The molecule has 0 radical (unpaired) electrons. The van der Waals surface area contributed by atoms with Crippen LogP contribution in [-0.2, 0) is 12.8 Å². The van der Waals surface area contributed by atoms with E-state index < -0.39 is 0 Å². The number of fused-ring (bicyclic) bond motifs is 1. The van der Waals surface area contributed by atoms with Gasteiger partial charge in [0.2, 0.25) is 0 Å². The number of anilines is 1. The van der Waals surface area contributed by atoms with E-state index >= 15 is 0 Å². The molecule has 3 aromatic rings. The topological polar surface area (TPSA) is 72.7 Å². The second kappa shape index (κ2) is 6.23. The molecule has 0 spiro atoms. The molecule has 0 bridgehead atoms. The number of nitrogens with zero attached hydrogens (tertiary/aromatic N) is 4. The summed E-state index contributed by atoms with van der Waals surface area (Å²) < 4.78 is 1.53. The highest BCUT2D eigenvalue weighted by molar-refractivity contribution is 6.05. The lowest BCUT2D eigenvalue weighted by molar-refractivity contribution is 0.102. The van der Waals surface area contributed by atoms with E-state index in [1.54, 1.807) is 12.1 Å². The van der Waals surface area contributed by atoms with Gasteiger partial charge < -0.3 is 5.32 Å². The Morgan fingerprint density at radius 3 is 2.83 bits per heavy atom. The van der Waals surface area contributed by atoms with Crippen molar-refractivity contribution in [3.05, 3.63) is 65.5 Å². The van der Waals surface area contributed by atoms with Crippen molar-refractivity contribution in [2.45, 2.75) is 25.7 Å². The normalized spacial score (nSPS) is 13.3. The van der Waals surface area contributed by atoms with Crippen LogP contribution in [0.3, 0.4) is 0 Å². The third-order valence-corrected chi connectivity index (χ3v) is 4.37. The van der Waals surface area contributed by atoms with Crippen LogP contribution in [0.15, 0.2) is 48.8 Å². The first kappa shape index (κ1) is 14.6. The van der Waals surface area contributed by atoms with Gasteiger partial charge in [0.1, 0.15) is 6.33 Å². The summed E-state index contributed by atoms with van der Waals surface area (Å²) in [6.07, 6.45) is 6.02. The molecular formula is C18H17N5O. The van der Waals surface area contributed by atoms with Crippen molar-refractivity contribution < 1.29 is 4.79 Å². The smallest absolute Gasteiger partial charge is 0.255 e. The average molecular weight is 319 g/mol. The molecule has 6 heteroatoms. The summed E-state index contributed by atoms with van der Waals surface area (Å²) in [5, 5.41) is 14.2. The molecule has 1 heterocycles. The summed E-state index contributed by atoms with van der Waals surface area (Å²) in [5.74, 6) is -0.121. The van der Waals surface area contributed by atoms with Crippen molar-refractivity contribution >= 4 is 11.6 Å². The van der Waals surface area contributed by atoms with E-state index in [0.29, 0.717) is 5.56 Å². The van der Waals surface area contributed by atoms with Gasteiger partial charge in [-0.1, -0.05) is 18.2 Å². The van der Waals surface area contributed by atoms with Crippen LogP contribution in [0.4, 0.5) is 5.69 Å². The molecule has 120 valence electrons. The second-order valence-corrected chi connectivity index (χ2v) is 5.91. The number of benzene rings is 2. The maximum Gasteiger partial charge on any atom is 0.255 e. The molecule has 0 saturated heterocycles. The van der Waals surface area contributed by atoms with Gasteiger partial charge >= 0.3 is 0 Å². The molecule has 1 aromatic heterocycles. The maximum absolute atomic E-state index is 12.6. The molecule has 0 aliphatic heterocycles. The Morgan fingerprint density at radius 1 is 1.08 bits per heavy atom. The highest BCUT2D eigenvalue weighted by atomic mass is 16.1. The summed E-state index contributed by atoms with van der Waals surface area (Å²) in [7, 11) is 0. The van der Waals surface area contributed by atoms with Crippen LogP contribution in [0.5, 0.6) is 0 Å². The summed E-state index contributed by atoms with van der Waals surface area (Å²) in [5.41, 5.74) is 4.87. The van der Waals surface area contributed by atoms with Gasteiger partial charge in [-0.25, -0.2) is 4.68 Å². The molecule has 0 fully saturated rings. The van der Waals surface area contributed by atoms with Crippen LogP contribution in [0, 0.1) is 0 Å². The zero-order valence-electron chi connectivity index (χ0n) is 13.1. The van der Waals surface area contributed by atoms with Crippen LogP contribution in [0.2, 0.25) is 0 Å². The minimum atomic E-state index is -0.121. The number of carbonyl (C=O) groups excluding carboxylic acids is 1. The van der Waals surface area contributed by atoms with E-state index in [1.807, 2.05) is 24.3 Å². The Bertz CT molecular complexity index is 873. The van der Waals surface area contributed by atoms with Crippen molar-refractivity contribution in [2.75, 3.05) is 5.32 Å². The zero-order chi connectivity index (χ0) is 16.4. The molecule has 0 unspecified atom stereocenters. The van der Waals surface area contributed by atoms with Crippen LogP contribution in [0.25, 0.3) is 5.69 Å². The molecule has 0 atom stereocenters. The van der Waals surface area contributed by atoms with Gasteiger partial charge in [0.05, 0.1) is 5.69 Å². The number of hydrogen-bond acceptors (Lipinski definition) is 4. The van der Waals surface area contributed by atoms with Gasteiger partial charge in [0.15, 0.2) is 0 Å². The van der Waals surface area contributed by atoms with Crippen molar-refractivity contribution in [1.82, 2.24) is 20.2 Å². The van der Waals surface area contributed by atoms with E-state index in [1.165, 1.54) is 35.0 Å². The number of carbonyl (C=O) groups is 1. The molecule has 1 amide bonds. The Balaban J connectivity index is 1.60. The Morgan fingerprint density at radius 2 is 1.96 bits per heavy atom. The van der Waals surface area contributed by atoms with Gasteiger partial charge in [-0.15, -0.1) is 5.10 Å². The lowest BCUT2D eigenvalue weighted by Crippen LogP contribution is -2.15. The SMILES string of the molecule is O=C(Nc1cccc2c1CCCC2)c1cccc(-n2cnnn2)c1. The van der Waals surface area contributed by atoms with Crippen LogP contribution in [-0.4, -0.2) is 26.1 Å². The van der Waals surface area contributed by atoms with E-state index in [-0.39, 0.29) is 5.91 Å². The van der Waals surface area contributed by atoms with Crippen LogP contribution >= 0.6 is 0 Å². The van der Waals surface area contributed by atoms with Crippen molar-refractivity contribution in [1.29, 1.82) is 0 Å². The second-order valence-electron chi connectivity index (χ2n) is 5.91. The van der Waals surface area contributed by atoms with Crippen LogP contribution in [0.1, 0.15) is 34.3 Å². The molecule has 6 nitrogen and oxygen atoms in total. The number of aromatic nitrogens is 4.